The van der Waals surface area contributed by atoms with E-state index in [0.717, 1.165) is 28.1 Å². The van der Waals surface area contributed by atoms with Gasteiger partial charge in [0.05, 0.1) is 28.0 Å². The van der Waals surface area contributed by atoms with Crippen molar-refractivity contribution in [3.63, 3.8) is 0 Å². The number of aromatic nitrogens is 2. The smallest absolute Gasteiger partial charge is 0.281 e. The highest BCUT2D eigenvalue weighted by atomic mass is 32.1. The summed E-state index contributed by atoms with van der Waals surface area (Å²) in [6.45, 7) is 0. The second-order valence-corrected chi connectivity index (χ2v) is 7.04. The maximum absolute atomic E-state index is 12.3. The maximum Gasteiger partial charge on any atom is 0.281 e. The molecule has 0 atom stereocenters. The molecule has 4 rings (SSSR count). The third-order valence-corrected chi connectivity index (χ3v) is 5.22. The van der Waals surface area contributed by atoms with Crippen molar-refractivity contribution < 1.29 is 4.79 Å². The Morgan fingerprint density at radius 3 is 2.59 bits per heavy atom. The first-order valence-electron chi connectivity index (χ1n) is 8.58. The molecule has 0 spiro atoms. The van der Waals surface area contributed by atoms with Gasteiger partial charge in [-0.3, -0.25) is 4.79 Å². The van der Waals surface area contributed by atoms with Gasteiger partial charge in [0.25, 0.3) is 5.91 Å². The number of imidazole rings is 1. The van der Waals surface area contributed by atoms with Gasteiger partial charge in [-0.05, 0) is 29.1 Å². The number of rotatable bonds is 5. The molecule has 0 saturated heterocycles. The summed E-state index contributed by atoms with van der Waals surface area (Å²) in [6, 6.07) is 21.5. The summed E-state index contributed by atoms with van der Waals surface area (Å²) in [5, 5.41) is 6.30. The number of aryl methyl sites for hydroxylation is 1. The average molecular weight is 374 g/mol. The van der Waals surface area contributed by atoms with Crippen molar-refractivity contribution in [1.29, 1.82) is 0 Å². The zero-order valence-electron chi connectivity index (χ0n) is 14.8. The van der Waals surface area contributed by atoms with Crippen molar-refractivity contribution in [3.05, 3.63) is 88.4 Å². The van der Waals surface area contributed by atoms with Crippen LogP contribution in [0, 0.1) is 0 Å². The van der Waals surface area contributed by atoms with Gasteiger partial charge >= 0.3 is 0 Å². The van der Waals surface area contributed by atoms with Crippen LogP contribution in [0.2, 0.25) is 0 Å². The van der Waals surface area contributed by atoms with Crippen LogP contribution in [0.3, 0.4) is 0 Å². The highest BCUT2D eigenvalue weighted by molar-refractivity contribution is 7.12. The largest absolute Gasteiger partial charge is 0.331 e. The van der Waals surface area contributed by atoms with E-state index in [2.05, 4.69) is 15.1 Å². The molecule has 4 aromatic rings. The third kappa shape index (κ3) is 3.66. The lowest BCUT2D eigenvalue weighted by Gasteiger charge is -2.08. The number of amides is 1. The summed E-state index contributed by atoms with van der Waals surface area (Å²) in [6.07, 6.45) is 0.514. The van der Waals surface area contributed by atoms with Crippen molar-refractivity contribution in [2.75, 3.05) is 0 Å². The minimum Gasteiger partial charge on any atom is -0.331 e. The van der Waals surface area contributed by atoms with Crippen LogP contribution < -0.4 is 5.43 Å². The number of carbonyl (C=O) groups excluding carboxylic acids is 1. The normalized spacial score (nSPS) is 11.7. The van der Waals surface area contributed by atoms with E-state index in [1.807, 2.05) is 73.1 Å². The molecule has 0 unspecified atom stereocenters. The number of nitrogens with one attached hydrogen (secondary N) is 1. The fourth-order valence-electron chi connectivity index (χ4n) is 2.92. The van der Waals surface area contributed by atoms with Crippen molar-refractivity contribution in [2.24, 2.45) is 12.1 Å². The van der Waals surface area contributed by atoms with Crippen LogP contribution in [0.4, 0.5) is 0 Å². The molecule has 2 heterocycles. The molecule has 0 aliphatic heterocycles. The Morgan fingerprint density at radius 2 is 1.85 bits per heavy atom. The number of carbonyl (C=O) groups is 1. The molecular weight excluding hydrogens is 356 g/mol. The lowest BCUT2D eigenvalue weighted by Crippen LogP contribution is -2.21. The van der Waals surface area contributed by atoms with Crippen LogP contribution in [-0.2, 0) is 13.5 Å². The Hall–Kier alpha value is -3.25. The molecule has 0 bridgehead atoms. The van der Waals surface area contributed by atoms with Crippen molar-refractivity contribution in [2.45, 2.75) is 6.42 Å². The van der Waals surface area contributed by atoms with Crippen LogP contribution >= 0.6 is 11.3 Å². The number of hydrogen-bond donors (Lipinski definition) is 1. The zero-order valence-corrected chi connectivity index (χ0v) is 15.6. The maximum atomic E-state index is 12.3. The van der Waals surface area contributed by atoms with E-state index in [1.54, 1.807) is 6.07 Å². The van der Waals surface area contributed by atoms with Gasteiger partial charge in [0.1, 0.15) is 5.82 Å². The van der Waals surface area contributed by atoms with Crippen LogP contribution in [0.15, 0.2) is 77.2 Å². The molecule has 27 heavy (non-hydrogen) atoms. The molecule has 1 amide bonds. The van der Waals surface area contributed by atoms with E-state index in [4.69, 9.17) is 4.98 Å². The number of para-hydroxylation sites is 2. The fourth-order valence-corrected chi connectivity index (χ4v) is 3.53. The number of hydrazone groups is 1. The lowest BCUT2D eigenvalue weighted by atomic mass is 10.1. The van der Waals surface area contributed by atoms with Crippen LogP contribution in [0.1, 0.15) is 21.1 Å². The van der Waals surface area contributed by atoms with E-state index in [0.29, 0.717) is 11.3 Å². The monoisotopic (exact) mass is 374 g/mol. The predicted molar refractivity (Wildman–Crippen MR) is 109 cm³/mol. The Bertz CT molecular complexity index is 1100. The van der Waals surface area contributed by atoms with Gasteiger partial charge in [0, 0.05) is 7.05 Å². The molecule has 6 heteroatoms. The number of thiophene rings is 1. The summed E-state index contributed by atoms with van der Waals surface area (Å²) < 4.78 is 2.06. The van der Waals surface area contributed by atoms with Gasteiger partial charge in [-0.2, -0.15) is 5.10 Å². The van der Waals surface area contributed by atoms with Gasteiger partial charge in [0.2, 0.25) is 0 Å². The van der Waals surface area contributed by atoms with Crippen LogP contribution in [-0.4, -0.2) is 21.2 Å². The Balaban J connectivity index is 1.66. The van der Waals surface area contributed by atoms with Gasteiger partial charge < -0.3 is 4.57 Å². The van der Waals surface area contributed by atoms with Crippen LogP contribution in [0.25, 0.3) is 11.0 Å². The van der Waals surface area contributed by atoms with E-state index in [1.165, 1.54) is 11.3 Å². The third-order valence-electron chi connectivity index (χ3n) is 4.35. The fraction of sp³-hybridized carbons (Fsp3) is 0.0952. The molecule has 0 radical (unpaired) electrons. The van der Waals surface area contributed by atoms with Gasteiger partial charge in [-0.15, -0.1) is 11.3 Å². The first kappa shape index (κ1) is 17.2. The summed E-state index contributed by atoms with van der Waals surface area (Å²) in [5.41, 5.74) is 6.42. The lowest BCUT2D eigenvalue weighted by molar-refractivity contribution is 0.0959. The molecule has 0 aliphatic rings. The molecule has 2 aromatic heterocycles. The average Bonchev–Trinajstić information content (AvgIpc) is 3.35. The predicted octanol–water partition coefficient (Wildman–Crippen LogP) is 4.01. The van der Waals surface area contributed by atoms with Crippen molar-refractivity contribution in [3.8, 4) is 0 Å². The Labute approximate surface area is 161 Å². The molecule has 1 N–H and O–H groups in total. The summed E-state index contributed by atoms with van der Waals surface area (Å²) in [5.74, 6) is 0.688. The highest BCUT2D eigenvalue weighted by Gasteiger charge is 2.13. The number of fused-ring (bicyclic) bond motifs is 1. The first-order valence-corrected chi connectivity index (χ1v) is 9.46. The molecule has 0 fully saturated rings. The molecule has 5 nitrogen and oxygen atoms in total. The molecule has 0 aliphatic carbocycles. The summed E-state index contributed by atoms with van der Waals surface area (Å²) in [4.78, 5) is 17.6. The Kier molecular flexibility index (Phi) is 4.80. The van der Waals surface area contributed by atoms with E-state index in [-0.39, 0.29) is 5.91 Å². The minimum absolute atomic E-state index is 0.205. The molecular formula is C21H18N4OS. The summed E-state index contributed by atoms with van der Waals surface area (Å²) in [7, 11) is 2.00. The van der Waals surface area contributed by atoms with E-state index >= 15 is 0 Å². The minimum atomic E-state index is -0.205. The van der Waals surface area contributed by atoms with Crippen molar-refractivity contribution in [1.82, 2.24) is 15.0 Å². The quantitative estimate of drug-likeness (QED) is 0.424. The second-order valence-electron chi connectivity index (χ2n) is 6.10. The molecule has 0 saturated carbocycles. The first-order chi connectivity index (χ1) is 13.2. The Morgan fingerprint density at radius 1 is 1.07 bits per heavy atom. The highest BCUT2D eigenvalue weighted by Crippen LogP contribution is 2.16. The number of benzene rings is 2. The van der Waals surface area contributed by atoms with Gasteiger partial charge in [-0.1, -0.05) is 48.5 Å². The molecule has 134 valence electrons. The van der Waals surface area contributed by atoms with Crippen molar-refractivity contribution >= 4 is 34.0 Å². The van der Waals surface area contributed by atoms with Gasteiger partial charge in [0.15, 0.2) is 0 Å². The van der Waals surface area contributed by atoms with Gasteiger partial charge in [-0.25, -0.2) is 10.4 Å². The number of nitrogens with zero attached hydrogens (tertiary/aromatic N) is 3. The zero-order chi connectivity index (χ0) is 18.6. The topological polar surface area (TPSA) is 59.3 Å². The van der Waals surface area contributed by atoms with E-state index in [9.17, 15) is 4.79 Å². The SMILES string of the molecule is Cn1c(CC(=NNC(=O)c2cccs2)c2ccccc2)nc2ccccc21. The summed E-state index contributed by atoms with van der Waals surface area (Å²) >= 11 is 1.39. The number of hydrogen-bond acceptors (Lipinski definition) is 4. The van der Waals surface area contributed by atoms with Crippen LogP contribution in [0.5, 0.6) is 0 Å². The second kappa shape index (κ2) is 7.55. The molecule has 2 aromatic carbocycles. The van der Waals surface area contributed by atoms with E-state index < -0.39 is 0 Å². The standard InChI is InChI=1S/C21H18N4OS/c1-25-18-11-6-5-10-16(18)22-20(25)14-17(15-8-3-2-4-9-15)23-24-21(26)19-12-7-13-27-19/h2-13H,14H2,1H3,(H,24,26).